The van der Waals surface area contributed by atoms with E-state index in [2.05, 4.69) is 31.4 Å². The minimum Gasteiger partial charge on any atom is -0.493 e. The van der Waals surface area contributed by atoms with E-state index in [0.29, 0.717) is 38.5 Å². The maximum absolute atomic E-state index is 14.4. The van der Waals surface area contributed by atoms with E-state index in [0.717, 1.165) is 27.2 Å². The molecule has 2 aromatic rings. The second-order valence-electron chi connectivity index (χ2n) is 10.5. The van der Waals surface area contributed by atoms with Crippen molar-refractivity contribution in [1.29, 1.82) is 0 Å². The second kappa shape index (κ2) is 10.8. The van der Waals surface area contributed by atoms with Crippen LogP contribution in [0.5, 0.6) is 5.75 Å². The zero-order valence-electron chi connectivity index (χ0n) is 21.1. The molecule has 2 aromatic carbocycles. The SMILES string of the molecule is CC(C)(C)NCc1ccc2c(c1)OCCC2NC(=O)CC1CCCN1S(=O)(=O)c1cc(Cl)c(F)cc1F. The summed E-state index contributed by atoms with van der Waals surface area (Å²) in [6, 6.07) is 6.26. The number of hydrogen-bond acceptors (Lipinski definition) is 5. The van der Waals surface area contributed by atoms with Gasteiger partial charge in [-0.1, -0.05) is 23.7 Å². The Morgan fingerprint density at radius 1 is 1.16 bits per heavy atom. The van der Waals surface area contributed by atoms with Gasteiger partial charge in [0.05, 0.1) is 17.7 Å². The molecule has 11 heteroatoms. The van der Waals surface area contributed by atoms with E-state index >= 15 is 0 Å². The van der Waals surface area contributed by atoms with Crippen molar-refractivity contribution in [2.45, 2.75) is 75.5 Å². The first-order valence-corrected chi connectivity index (χ1v) is 14.1. The molecular formula is C26H32ClF2N3O4S. The lowest BCUT2D eigenvalue weighted by atomic mass is 9.98. The van der Waals surface area contributed by atoms with Gasteiger partial charge in [0, 0.05) is 49.1 Å². The molecule has 2 aliphatic rings. The molecule has 37 heavy (non-hydrogen) atoms. The molecule has 202 valence electrons. The fourth-order valence-electron chi connectivity index (χ4n) is 4.69. The Bertz CT molecular complexity index is 1280. The van der Waals surface area contributed by atoms with Crippen molar-refractivity contribution >= 4 is 27.5 Å². The molecule has 0 radical (unpaired) electrons. The van der Waals surface area contributed by atoms with Gasteiger partial charge in [0.25, 0.3) is 0 Å². The molecule has 2 N–H and O–H groups in total. The summed E-state index contributed by atoms with van der Waals surface area (Å²) >= 11 is 5.71. The zero-order chi connectivity index (χ0) is 27.0. The van der Waals surface area contributed by atoms with E-state index in [-0.39, 0.29) is 30.5 Å². The van der Waals surface area contributed by atoms with Gasteiger partial charge in [-0.15, -0.1) is 0 Å². The van der Waals surface area contributed by atoms with Gasteiger partial charge >= 0.3 is 0 Å². The summed E-state index contributed by atoms with van der Waals surface area (Å²) in [6.07, 6.45) is 1.50. The summed E-state index contributed by atoms with van der Waals surface area (Å²) in [7, 11) is -4.30. The normalized spacial score (nSPS) is 20.4. The third-order valence-corrected chi connectivity index (χ3v) is 8.84. The quantitative estimate of drug-likeness (QED) is 0.484. The predicted octanol–water partition coefficient (Wildman–Crippen LogP) is 4.69. The number of nitrogens with zero attached hydrogens (tertiary/aromatic N) is 1. The maximum Gasteiger partial charge on any atom is 0.246 e. The molecule has 2 unspecified atom stereocenters. The van der Waals surface area contributed by atoms with Gasteiger partial charge in [0.15, 0.2) is 0 Å². The number of amides is 1. The summed E-state index contributed by atoms with van der Waals surface area (Å²) in [4.78, 5) is 12.3. The van der Waals surface area contributed by atoms with Gasteiger partial charge in [-0.2, -0.15) is 4.31 Å². The van der Waals surface area contributed by atoms with Gasteiger partial charge < -0.3 is 15.4 Å². The number of carbonyl (C=O) groups is 1. The van der Waals surface area contributed by atoms with Crippen LogP contribution in [0.1, 0.15) is 63.6 Å². The van der Waals surface area contributed by atoms with Gasteiger partial charge in [0.1, 0.15) is 22.3 Å². The molecule has 0 saturated carbocycles. The standard InChI is InChI=1S/C26H32ClF2N3O4S/c1-26(2,3)30-15-16-6-7-18-22(8-10-36-23(18)11-16)31-25(33)12-17-5-4-9-32(17)37(34,35)24-13-19(27)20(28)14-21(24)29/h6-7,11,13-14,17,22,30H,4-5,8-10,12,15H2,1-3H3,(H,31,33). The van der Waals surface area contributed by atoms with Crippen LogP contribution in [-0.4, -0.2) is 43.4 Å². The van der Waals surface area contributed by atoms with E-state index in [4.69, 9.17) is 16.3 Å². The van der Waals surface area contributed by atoms with Crippen LogP contribution in [0, 0.1) is 11.6 Å². The summed E-state index contributed by atoms with van der Waals surface area (Å²) in [6.45, 7) is 7.55. The van der Waals surface area contributed by atoms with E-state index in [1.54, 1.807) is 0 Å². The van der Waals surface area contributed by atoms with Crippen LogP contribution in [0.2, 0.25) is 5.02 Å². The van der Waals surface area contributed by atoms with Gasteiger partial charge in [-0.05, 0) is 51.3 Å². The maximum atomic E-state index is 14.4. The molecule has 2 heterocycles. The minimum absolute atomic E-state index is 0.0242. The number of fused-ring (bicyclic) bond motifs is 1. The molecule has 1 fully saturated rings. The van der Waals surface area contributed by atoms with E-state index in [1.165, 1.54) is 0 Å². The predicted molar refractivity (Wildman–Crippen MR) is 137 cm³/mol. The molecule has 0 spiro atoms. The largest absolute Gasteiger partial charge is 0.493 e. The summed E-state index contributed by atoms with van der Waals surface area (Å²) in [5.74, 6) is -1.84. The first kappa shape index (κ1) is 27.8. The Morgan fingerprint density at radius 2 is 1.92 bits per heavy atom. The monoisotopic (exact) mass is 555 g/mol. The molecular weight excluding hydrogens is 524 g/mol. The number of nitrogens with one attached hydrogen (secondary N) is 2. The minimum atomic E-state index is -4.30. The van der Waals surface area contributed by atoms with Crippen LogP contribution in [0.25, 0.3) is 0 Å². The van der Waals surface area contributed by atoms with E-state index in [9.17, 15) is 22.0 Å². The number of sulfonamides is 1. The number of carbonyl (C=O) groups excluding carboxylic acids is 1. The summed E-state index contributed by atoms with van der Waals surface area (Å²) in [5, 5.41) is 5.97. The van der Waals surface area contributed by atoms with Gasteiger partial charge in [0.2, 0.25) is 15.9 Å². The number of hydrogen-bond donors (Lipinski definition) is 2. The van der Waals surface area contributed by atoms with E-state index < -0.39 is 37.6 Å². The molecule has 2 aliphatic heterocycles. The molecule has 0 aliphatic carbocycles. The average Bonchev–Trinajstić information content (AvgIpc) is 3.28. The molecule has 0 bridgehead atoms. The van der Waals surface area contributed by atoms with Crippen LogP contribution < -0.4 is 15.4 Å². The lowest BCUT2D eigenvalue weighted by Gasteiger charge is -2.29. The van der Waals surface area contributed by atoms with Crippen LogP contribution in [0.3, 0.4) is 0 Å². The lowest BCUT2D eigenvalue weighted by Crippen LogP contribution is -2.40. The van der Waals surface area contributed by atoms with Crippen molar-refractivity contribution in [2.75, 3.05) is 13.2 Å². The third kappa shape index (κ3) is 6.42. The number of rotatable bonds is 7. The van der Waals surface area contributed by atoms with Crippen molar-refractivity contribution in [3.05, 3.63) is 58.1 Å². The number of halogens is 3. The van der Waals surface area contributed by atoms with Crippen molar-refractivity contribution in [3.8, 4) is 5.75 Å². The first-order valence-electron chi connectivity index (χ1n) is 12.3. The Hall–Kier alpha value is -2.27. The van der Waals surface area contributed by atoms with Crippen LogP contribution in [0.15, 0.2) is 35.2 Å². The number of benzene rings is 2. The van der Waals surface area contributed by atoms with Crippen LogP contribution in [-0.2, 0) is 21.4 Å². The summed E-state index contributed by atoms with van der Waals surface area (Å²) in [5.41, 5.74) is 1.92. The Labute approximate surface area is 221 Å². The van der Waals surface area contributed by atoms with E-state index in [1.807, 2.05) is 18.2 Å². The highest BCUT2D eigenvalue weighted by atomic mass is 35.5. The molecule has 0 aromatic heterocycles. The highest BCUT2D eigenvalue weighted by Crippen LogP contribution is 2.34. The van der Waals surface area contributed by atoms with Gasteiger partial charge in [-0.25, -0.2) is 17.2 Å². The van der Waals surface area contributed by atoms with Crippen LogP contribution in [0.4, 0.5) is 8.78 Å². The average molecular weight is 556 g/mol. The Balaban J connectivity index is 1.44. The fourth-order valence-corrected chi connectivity index (χ4v) is 6.68. The van der Waals surface area contributed by atoms with Crippen molar-refractivity contribution in [3.63, 3.8) is 0 Å². The molecule has 2 atom stereocenters. The molecule has 7 nitrogen and oxygen atoms in total. The fraction of sp³-hybridized carbons (Fsp3) is 0.500. The van der Waals surface area contributed by atoms with Crippen molar-refractivity contribution in [2.24, 2.45) is 0 Å². The lowest BCUT2D eigenvalue weighted by molar-refractivity contribution is -0.122. The second-order valence-corrected chi connectivity index (χ2v) is 12.8. The third-order valence-electron chi connectivity index (χ3n) is 6.58. The smallest absolute Gasteiger partial charge is 0.246 e. The van der Waals surface area contributed by atoms with Crippen LogP contribution >= 0.6 is 11.6 Å². The molecule has 4 rings (SSSR count). The highest BCUT2D eigenvalue weighted by molar-refractivity contribution is 7.89. The summed E-state index contributed by atoms with van der Waals surface area (Å²) < 4.78 is 61.2. The Morgan fingerprint density at radius 3 is 2.65 bits per heavy atom. The van der Waals surface area contributed by atoms with Crippen molar-refractivity contribution < 1.29 is 26.7 Å². The zero-order valence-corrected chi connectivity index (χ0v) is 22.7. The highest BCUT2D eigenvalue weighted by Gasteiger charge is 2.38. The number of ether oxygens (including phenoxy) is 1. The topological polar surface area (TPSA) is 87.7 Å². The van der Waals surface area contributed by atoms with Crippen molar-refractivity contribution in [1.82, 2.24) is 14.9 Å². The molecule has 1 amide bonds. The first-order chi connectivity index (χ1) is 17.3. The molecule has 1 saturated heterocycles. The van der Waals surface area contributed by atoms with Gasteiger partial charge in [-0.3, -0.25) is 4.79 Å². The Kier molecular flexibility index (Phi) is 8.13.